The van der Waals surface area contributed by atoms with Gasteiger partial charge in [-0.15, -0.1) is 0 Å². The second kappa shape index (κ2) is 41.1. The number of carbonyl (C=O) groups excluding carboxylic acids is 3. The van der Waals surface area contributed by atoms with Gasteiger partial charge in [-0.2, -0.15) is 0 Å². The summed E-state index contributed by atoms with van der Waals surface area (Å²) in [7, 11) is 1.42. The van der Waals surface area contributed by atoms with E-state index in [1.807, 2.05) is 123 Å². The quantitative estimate of drug-likeness (QED) is 0.168. The first-order valence-electron chi connectivity index (χ1n) is 15.8. The number of benzene rings is 2. The van der Waals surface area contributed by atoms with E-state index in [9.17, 15) is 19.2 Å². The molecule has 0 spiro atoms. The Bertz CT molecular complexity index is 1100. The van der Waals surface area contributed by atoms with E-state index in [1.165, 1.54) is 7.11 Å². The van der Waals surface area contributed by atoms with Crippen molar-refractivity contribution in [3.8, 4) is 0 Å². The van der Waals surface area contributed by atoms with Gasteiger partial charge in [0.25, 0.3) is 0 Å². The molecule has 0 aromatic heterocycles. The lowest BCUT2D eigenvalue weighted by molar-refractivity contribution is -0.155. The lowest BCUT2D eigenvalue weighted by atomic mass is 9.91. The third-order valence-electron chi connectivity index (χ3n) is 7.54. The third kappa shape index (κ3) is 35.1. The second-order valence-electron chi connectivity index (χ2n) is 12.1. The van der Waals surface area contributed by atoms with Gasteiger partial charge in [0, 0.05) is 0 Å². The van der Waals surface area contributed by atoms with E-state index in [0.717, 1.165) is 36.8 Å². The van der Waals surface area contributed by atoms with Crippen LogP contribution in [0.3, 0.4) is 0 Å². The largest absolute Gasteiger partial charge is 0.481 e. The standard InChI is InChI=1S/C13H18O2.C12H16O2.C7H14O2.C5H10O2.8CH4/c1-4-13(2,3)12(14)15-10-11-8-6-5-7-9-11;1-3-10(2)12(13)14-9-11-7-5-4-6-8-11;1-5-7(2,3)6(8)9-4;1-3-4(2)5(6)7;;;;;;;;/h5-9H,4,10H2,1-3H3;4-8,10H,3,9H2,1-2H3;5H2,1-4H3;4H,3H2,1-2H3,(H,6,7);8*1H4. The smallest absolute Gasteiger partial charge is 0.311 e. The van der Waals surface area contributed by atoms with Crippen molar-refractivity contribution < 1.29 is 38.5 Å². The zero-order valence-electron chi connectivity index (χ0n) is 29.5. The van der Waals surface area contributed by atoms with Crippen LogP contribution in [0.5, 0.6) is 0 Å². The average Bonchev–Trinajstić information content (AvgIpc) is 3.06. The first kappa shape index (κ1) is 74.5. The van der Waals surface area contributed by atoms with Crippen molar-refractivity contribution in [1.82, 2.24) is 0 Å². The van der Waals surface area contributed by atoms with Gasteiger partial charge >= 0.3 is 23.9 Å². The van der Waals surface area contributed by atoms with Crippen LogP contribution in [-0.2, 0) is 46.6 Å². The predicted molar refractivity (Wildman–Crippen MR) is 233 cm³/mol. The number of hydrogen-bond acceptors (Lipinski definition) is 7. The Morgan fingerprint density at radius 2 is 0.887 bits per heavy atom. The number of carboxylic acid groups (broad SMARTS) is 1. The SMILES string of the molecule is C.C.C.C.C.C.C.C.CCC(C)(C)C(=O)OC.CCC(C)(C)C(=O)OCc1ccccc1.CCC(C)C(=O)O.CCC(C)C(=O)OCc1ccccc1. The lowest BCUT2D eigenvalue weighted by Crippen LogP contribution is -2.25. The molecule has 0 heterocycles. The van der Waals surface area contributed by atoms with Crippen LogP contribution >= 0.6 is 0 Å². The average molecular weight is 759 g/mol. The molecule has 2 atom stereocenters. The number of carboxylic acids is 1. The molecule has 0 aliphatic rings. The molecule has 0 aliphatic carbocycles. The summed E-state index contributed by atoms with van der Waals surface area (Å²) in [5, 5.41) is 8.18. The summed E-state index contributed by atoms with van der Waals surface area (Å²) in [6.45, 7) is 19.7. The number of hydrogen-bond donors (Lipinski definition) is 1. The Hall–Kier alpha value is -3.68. The van der Waals surface area contributed by atoms with Gasteiger partial charge in [0.05, 0.1) is 29.8 Å². The number of methoxy groups -OCH3 is 1. The molecule has 2 rings (SSSR count). The summed E-state index contributed by atoms with van der Waals surface area (Å²) in [4.78, 5) is 43.7. The Balaban J connectivity index is -0.0000000573. The molecular weight excluding hydrogens is 668 g/mol. The molecular formula is C45H90O8. The highest BCUT2D eigenvalue weighted by Crippen LogP contribution is 2.22. The number of esters is 3. The van der Waals surface area contributed by atoms with Gasteiger partial charge in [-0.1, -0.05) is 162 Å². The van der Waals surface area contributed by atoms with E-state index in [-0.39, 0.29) is 100.0 Å². The molecule has 2 aromatic rings. The molecule has 0 saturated carbocycles. The van der Waals surface area contributed by atoms with Crippen LogP contribution in [-0.4, -0.2) is 36.1 Å². The fourth-order valence-electron chi connectivity index (χ4n) is 2.70. The van der Waals surface area contributed by atoms with E-state index >= 15 is 0 Å². The fourth-order valence-corrected chi connectivity index (χ4v) is 2.70. The van der Waals surface area contributed by atoms with Crippen molar-refractivity contribution in [1.29, 1.82) is 0 Å². The fraction of sp³-hybridized carbons (Fsp3) is 0.644. The summed E-state index contributed by atoms with van der Waals surface area (Å²) in [5.41, 5.74) is 1.37. The highest BCUT2D eigenvalue weighted by molar-refractivity contribution is 5.76. The van der Waals surface area contributed by atoms with Gasteiger partial charge < -0.3 is 19.3 Å². The Labute approximate surface area is 330 Å². The minimum Gasteiger partial charge on any atom is -0.481 e. The van der Waals surface area contributed by atoms with Crippen LogP contribution in [0.2, 0.25) is 0 Å². The van der Waals surface area contributed by atoms with Gasteiger partial charge in [0.2, 0.25) is 0 Å². The zero-order valence-corrected chi connectivity index (χ0v) is 29.5. The maximum absolute atomic E-state index is 11.6. The number of aliphatic carboxylic acids is 1. The van der Waals surface area contributed by atoms with Gasteiger partial charge in [-0.05, 0) is 64.5 Å². The lowest BCUT2D eigenvalue weighted by Gasteiger charge is -2.20. The van der Waals surface area contributed by atoms with Crippen LogP contribution in [0.1, 0.15) is 165 Å². The first-order chi connectivity index (χ1) is 21.0. The van der Waals surface area contributed by atoms with Crippen molar-refractivity contribution in [3.63, 3.8) is 0 Å². The Kier molecular flexibility index (Phi) is 57.7. The molecule has 0 fully saturated rings. The van der Waals surface area contributed by atoms with Crippen LogP contribution < -0.4 is 0 Å². The Morgan fingerprint density at radius 3 is 1.13 bits per heavy atom. The molecule has 2 unspecified atom stereocenters. The summed E-state index contributed by atoms with van der Waals surface area (Å²) in [5.74, 6) is -1.27. The van der Waals surface area contributed by atoms with Crippen LogP contribution in [0.25, 0.3) is 0 Å². The predicted octanol–water partition coefficient (Wildman–Crippen LogP) is 13.7. The van der Waals surface area contributed by atoms with E-state index < -0.39 is 5.97 Å². The number of ether oxygens (including phenoxy) is 3. The molecule has 0 radical (unpaired) electrons. The topological polar surface area (TPSA) is 116 Å². The van der Waals surface area contributed by atoms with Gasteiger partial charge in [-0.3, -0.25) is 19.2 Å². The maximum Gasteiger partial charge on any atom is 0.311 e. The maximum atomic E-state index is 11.6. The molecule has 53 heavy (non-hydrogen) atoms. The minimum atomic E-state index is -0.706. The molecule has 8 nitrogen and oxygen atoms in total. The van der Waals surface area contributed by atoms with E-state index in [0.29, 0.717) is 13.2 Å². The van der Waals surface area contributed by atoms with Crippen molar-refractivity contribution in [2.24, 2.45) is 22.7 Å². The summed E-state index contributed by atoms with van der Waals surface area (Å²) in [6.07, 6.45) is 3.16. The molecule has 0 saturated heterocycles. The highest BCUT2D eigenvalue weighted by atomic mass is 16.5. The van der Waals surface area contributed by atoms with Crippen molar-refractivity contribution in [2.45, 2.75) is 168 Å². The molecule has 0 bridgehead atoms. The van der Waals surface area contributed by atoms with Gasteiger partial charge in [-0.25, -0.2) is 0 Å². The molecule has 0 amide bonds. The van der Waals surface area contributed by atoms with E-state index in [4.69, 9.17) is 14.6 Å². The van der Waals surface area contributed by atoms with Gasteiger partial charge in [0.15, 0.2) is 0 Å². The monoisotopic (exact) mass is 759 g/mol. The minimum absolute atomic E-state index is 0. The van der Waals surface area contributed by atoms with E-state index in [1.54, 1.807) is 6.92 Å². The van der Waals surface area contributed by atoms with Crippen LogP contribution in [0.15, 0.2) is 60.7 Å². The highest BCUT2D eigenvalue weighted by Gasteiger charge is 2.27. The summed E-state index contributed by atoms with van der Waals surface area (Å²) < 4.78 is 15.0. The molecule has 2 aromatic carbocycles. The molecule has 0 aliphatic heterocycles. The Morgan fingerprint density at radius 1 is 0.566 bits per heavy atom. The molecule has 1 N–H and O–H groups in total. The third-order valence-corrected chi connectivity index (χ3v) is 7.54. The summed E-state index contributed by atoms with van der Waals surface area (Å²) in [6, 6.07) is 19.4. The second-order valence-corrected chi connectivity index (χ2v) is 12.1. The van der Waals surface area contributed by atoms with Crippen LogP contribution in [0, 0.1) is 22.7 Å². The molecule has 318 valence electrons. The summed E-state index contributed by atoms with van der Waals surface area (Å²) >= 11 is 0. The van der Waals surface area contributed by atoms with E-state index in [2.05, 4.69) is 4.74 Å². The normalized spacial score (nSPS) is 10.0. The van der Waals surface area contributed by atoms with Crippen molar-refractivity contribution in [3.05, 3.63) is 71.8 Å². The number of carbonyl (C=O) groups is 4. The van der Waals surface area contributed by atoms with Gasteiger partial charge in [0.1, 0.15) is 13.2 Å². The van der Waals surface area contributed by atoms with Crippen LogP contribution in [0.4, 0.5) is 0 Å². The zero-order chi connectivity index (χ0) is 35.1. The van der Waals surface area contributed by atoms with Crippen molar-refractivity contribution >= 4 is 23.9 Å². The first-order valence-corrected chi connectivity index (χ1v) is 15.8. The van der Waals surface area contributed by atoms with Crippen molar-refractivity contribution in [2.75, 3.05) is 7.11 Å². The number of rotatable bonds is 12. The molecule has 8 heteroatoms.